The van der Waals surface area contributed by atoms with E-state index in [1.54, 1.807) is 18.2 Å². The minimum absolute atomic E-state index is 0.799. The molecule has 0 unspecified atom stereocenters. The van der Waals surface area contributed by atoms with Crippen LogP contribution in [-0.4, -0.2) is 0 Å². The van der Waals surface area contributed by atoms with E-state index in [9.17, 15) is 0 Å². The van der Waals surface area contributed by atoms with Gasteiger partial charge in [0.2, 0.25) is 0 Å². The average Bonchev–Trinajstić information content (AvgIpc) is 3.01. The maximum atomic E-state index is 3.79. The molecule has 0 spiro atoms. The van der Waals surface area contributed by atoms with E-state index in [0.29, 0.717) is 0 Å². The number of benzene rings is 2. The van der Waals surface area contributed by atoms with Crippen molar-refractivity contribution in [1.82, 2.24) is 0 Å². The average molecular weight is 517 g/mol. The third-order valence-corrected chi connectivity index (χ3v) is 3.92. The van der Waals surface area contributed by atoms with Crippen molar-refractivity contribution in [3.05, 3.63) is 144 Å². The summed E-state index contributed by atoms with van der Waals surface area (Å²) in [6.45, 7) is 29.2. The highest BCUT2D eigenvalue weighted by Crippen LogP contribution is 2.10. The summed E-state index contributed by atoms with van der Waals surface area (Å²) < 4.78 is 0. The van der Waals surface area contributed by atoms with Crippen LogP contribution in [0.25, 0.3) is 0 Å². The Kier molecular flexibility index (Phi) is 29.8. The van der Waals surface area contributed by atoms with Gasteiger partial charge in [0.1, 0.15) is 0 Å². The van der Waals surface area contributed by atoms with Crippen LogP contribution in [0.5, 0.6) is 0 Å². The van der Waals surface area contributed by atoms with Crippen LogP contribution >= 0.6 is 0 Å². The summed E-state index contributed by atoms with van der Waals surface area (Å²) in [4.78, 5) is 0. The first-order chi connectivity index (χ1) is 19.2. The number of hydrogen-bond donors (Lipinski definition) is 0. The summed E-state index contributed by atoms with van der Waals surface area (Å²) in [5.74, 6) is 19.1. The molecule has 2 aromatic rings. The fourth-order valence-corrected chi connectivity index (χ4v) is 2.53. The predicted molar refractivity (Wildman–Crippen MR) is 180 cm³/mol. The highest BCUT2D eigenvalue weighted by Gasteiger charge is 1.97. The summed E-state index contributed by atoms with van der Waals surface area (Å²) >= 11 is 0. The Balaban J connectivity index is -0.00000148. The van der Waals surface area contributed by atoms with Crippen molar-refractivity contribution in [3.8, 4) is 35.5 Å². The highest BCUT2D eigenvalue weighted by molar-refractivity contribution is 5.56. The Morgan fingerprint density at radius 1 is 0.564 bits per heavy atom. The molecule has 2 aromatic carbocycles. The fraction of sp³-hybridized carbons (Fsp3) is 0.231. The molecule has 0 aliphatic rings. The fourth-order valence-electron chi connectivity index (χ4n) is 2.53. The smallest absolute Gasteiger partial charge is 0.0273 e. The maximum Gasteiger partial charge on any atom is 0.0273 e. The Bertz CT molecular complexity index is 1230. The lowest BCUT2D eigenvalue weighted by atomic mass is 10.0. The normalized spacial score (nSPS) is 9.05. The molecule has 0 nitrogen and oxygen atoms in total. The zero-order valence-electron chi connectivity index (χ0n) is 25.8. The van der Waals surface area contributed by atoms with E-state index in [1.807, 2.05) is 135 Å². The third-order valence-electron chi connectivity index (χ3n) is 3.92. The van der Waals surface area contributed by atoms with E-state index in [4.69, 9.17) is 0 Å². The molecule has 0 aliphatic carbocycles. The first-order valence-corrected chi connectivity index (χ1v) is 13.8. The van der Waals surface area contributed by atoms with E-state index in [1.165, 1.54) is 0 Å². The zero-order chi connectivity index (χ0) is 30.3. The summed E-state index contributed by atoms with van der Waals surface area (Å²) in [6, 6.07) is 15.8. The van der Waals surface area contributed by atoms with Gasteiger partial charge in [-0.3, -0.25) is 0 Å². The van der Waals surface area contributed by atoms with Gasteiger partial charge in [-0.2, -0.15) is 0 Å². The van der Waals surface area contributed by atoms with Gasteiger partial charge in [-0.1, -0.05) is 159 Å². The van der Waals surface area contributed by atoms with Gasteiger partial charge in [0.15, 0.2) is 0 Å². The van der Waals surface area contributed by atoms with Crippen molar-refractivity contribution >= 4 is 0 Å². The minimum atomic E-state index is 0.799. The number of hydrogen-bond acceptors (Lipinski definition) is 0. The Labute approximate surface area is 241 Å². The molecule has 0 heteroatoms. The standard InChI is InChI=1S/C31H24.4C2H6/c1-5-12-26(8-4)17-20-29-23-30(21-18-27(13-6-2)14-7-3)25-31(24-29)22-19-28-15-10-9-11-16-28;4*1-2/h5-16,23-25H,1-2,4H2,3H3;4*1-2H3/b14-7-,26-12+,27-13+;;;;. The Morgan fingerprint density at radius 3 is 1.41 bits per heavy atom. The van der Waals surface area contributed by atoms with E-state index in [2.05, 4.69) is 55.3 Å². The number of rotatable bonds is 4. The SMILES string of the molecule is C=C/C=C(/C#Cc1cc(C#CC(/C=C\C)=C/C=C)cc(C#Cc2ccccc2)c1)C=C.CC.CC.CC.CC. The molecule has 204 valence electrons. The summed E-state index contributed by atoms with van der Waals surface area (Å²) in [5, 5.41) is 0. The second-order valence-corrected chi connectivity index (χ2v) is 6.33. The largest absolute Gasteiger partial charge is 0.0990 e. The van der Waals surface area contributed by atoms with Crippen LogP contribution in [0.2, 0.25) is 0 Å². The molecular weight excluding hydrogens is 468 g/mol. The molecule has 0 heterocycles. The van der Waals surface area contributed by atoms with Crippen molar-refractivity contribution in [1.29, 1.82) is 0 Å². The topological polar surface area (TPSA) is 0 Å². The van der Waals surface area contributed by atoms with Gasteiger partial charge in [0.25, 0.3) is 0 Å². The molecule has 0 radical (unpaired) electrons. The van der Waals surface area contributed by atoms with E-state index < -0.39 is 0 Å². The minimum Gasteiger partial charge on any atom is -0.0990 e. The number of allylic oxidation sites excluding steroid dienone is 9. The lowest BCUT2D eigenvalue weighted by Gasteiger charge is -1.98. The molecule has 0 amide bonds. The molecule has 0 atom stereocenters. The van der Waals surface area contributed by atoms with E-state index in [0.717, 1.165) is 33.4 Å². The maximum absolute atomic E-state index is 3.79. The van der Waals surface area contributed by atoms with Crippen molar-refractivity contribution < 1.29 is 0 Å². The van der Waals surface area contributed by atoms with Crippen LogP contribution in [0.4, 0.5) is 0 Å². The van der Waals surface area contributed by atoms with Crippen LogP contribution < -0.4 is 0 Å². The Morgan fingerprint density at radius 2 is 0.974 bits per heavy atom. The van der Waals surface area contributed by atoms with Gasteiger partial charge < -0.3 is 0 Å². The molecule has 0 saturated carbocycles. The molecule has 0 aromatic heterocycles. The zero-order valence-corrected chi connectivity index (χ0v) is 25.8. The molecule has 0 saturated heterocycles. The van der Waals surface area contributed by atoms with Gasteiger partial charge in [0, 0.05) is 33.4 Å². The van der Waals surface area contributed by atoms with E-state index >= 15 is 0 Å². The molecular formula is C39H48. The lowest BCUT2D eigenvalue weighted by Crippen LogP contribution is -1.85. The van der Waals surface area contributed by atoms with Crippen LogP contribution in [0.15, 0.2) is 122 Å². The molecule has 2 rings (SSSR count). The predicted octanol–water partition coefficient (Wildman–Crippen LogP) is 10.9. The van der Waals surface area contributed by atoms with E-state index in [-0.39, 0.29) is 0 Å². The third kappa shape index (κ3) is 19.4. The summed E-state index contributed by atoms with van der Waals surface area (Å²) in [5.41, 5.74) is 5.17. The van der Waals surface area contributed by atoms with Crippen molar-refractivity contribution in [3.63, 3.8) is 0 Å². The molecule has 0 aliphatic heterocycles. The van der Waals surface area contributed by atoms with Gasteiger partial charge in [-0.25, -0.2) is 0 Å². The molecule has 0 bridgehead atoms. The second-order valence-electron chi connectivity index (χ2n) is 6.33. The van der Waals surface area contributed by atoms with Gasteiger partial charge in [-0.05, 0) is 49.4 Å². The van der Waals surface area contributed by atoms with Gasteiger partial charge >= 0.3 is 0 Å². The van der Waals surface area contributed by atoms with Crippen molar-refractivity contribution in [2.45, 2.75) is 62.3 Å². The highest BCUT2D eigenvalue weighted by atomic mass is 14.0. The summed E-state index contributed by atoms with van der Waals surface area (Å²) in [6.07, 6.45) is 12.7. The second kappa shape index (κ2) is 29.8. The summed E-state index contributed by atoms with van der Waals surface area (Å²) in [7, 11) is 0. The van der Waals surface area contributed by atoms with Crippen LogP contribution in [0.1, 0.15) is 84.6 Å². The molecule has 39 heavy (non-hydrogen) atoms. The van der Waals surface area contributed by atoms with Crippen molar-refractivity contribution in [2.75, 3.05) is 0 Å². The van der Waals surface area contributed by atoms with Gasteiger partial charge in [-0.15, -0.1) is 0 Å². The van der Waals surface area contributed by atoms with Crippen LogP contribution in [0, 0.1) is 35.5 Å². The van der Waals surface area contributed by atoms with Gasteiger partial charge in [0.05, 0.1) is 0 Å². The van der Waals surface area contributed by atoms with Crippen molar-refractivity contribution in [2.24, 2.45) is 0 Å². The first kappa shape index (κ1) is 39.1. The molecule has 0 fully saturated rings. The lowest BCUT2D eigenvalue weighted by molar-refractivity contribution is 1.50. The quantitative estimate of drug-likeness (QED) is 0.280. The van der Waals surface area contributed by atoms with Crippen LogP contribution in [-0.2, 0) is 0 Å². The molecule has 0 N–H and O–H groups in total. The van der Waals surface area contributed by atoms with Crippen LogP contribution in [0.3, 0.4) is 0 Å². The Hall–Kier alpha value is -4.44. The first-order valence-electron chi connectivity index (χ1n) is 13.8. The monoisotopic (exact) mass is 516 g/mol.